The van der Waals surface area contributed by atoms with Gasteiger partial charge in [0.2, 0.25) is 0 Å². The van der Waals surface area contributed by atoms with E-state index in [2.05, 4.69) is 68.7 Å². The minimum absolute atomic E-state index is 0.0709. The van der Waals surface area contributed by atoms with Crippen LogP contribution < -0.4 is 0 Å². The van der Waals surface area contributed by atoms with Crippen LogP contribution in [-0.4, -0.2) is 43.2 Å². The van der Waals surface area contributed by atoms with E-state index in [1.807, 2.05) is 23.1 Å². The molecule has 1 fully saturated rings. The minimum atomic E-state index is 0.0709. The maximum atomic E-state index is 4.45. The summed E-state index contributed by atoms with van der Waals surface area (Å²) in [6, 6.07) is 14.7. The summed E-state index contributed by atoms with van der Waals surface area (Å²) in [6.07, 6.45) is 7.13. The molecular weight excluding hydrogens is 336 g/mol. The molecule has 1 saturated heterocycles. The molecule has 1 aromatic carbocycles. The molecule has 3 heterocycles. The zero-order valence-corrected chi connectivity index (χ0v) is 15.8. The van der Waals surface area contributed by atoms with Gasteiger partial charge in [0, 0.05) is 25.5 Å². The number of hydrogen-bond donors (Lipinski definition) is 0. The first kappa shape index (κ1) is 17.8. The Kier molecular flexibility index (Phi) is 5.53. The molecule has 1 aliphatic rings. The van der Waals surface area contributed by atoms with Crippen molar-refractivity contribution in [2.45, 2.75) is 38.8 Å². The predicted octanol–water partition coefficient (Wildman–Crippen LogP) is 3.13. The van der Waals surface area contributed by atoms with Crippen LogP contribution in [0, 0.1) is 5.92 Å². The van der Waals surface area contributed by atoms with E-state index >= 15 is 0 Å². The Morgan fingerprint density at radius 1 is 1.11 bits per heavy atom. The third-order valence-electron chi connectivity index (χ3n) is 5.33. The maximum Gasteiger partial charge on any atom is 0.173 e. The lowest BCUT2D eigenvalue weighted by molar-refractivity contribution is 0.141. The number of aryl methyl sites for hydroxylation is 2. The Balaban J connectivity index is 1.61. The Morgan fingerprint density at radius 3 is 2.70 bits per heavy atom. The number of rotatable bonds is 6. The van der Waals surface area contributed by atoms with Gasteiger partial charge in [-0.3, -0.25) is 9.88 Å². The van der Waals surface area contributed by atoms with Crippen LogP contribution in [0.4, 0.5) is 0 Å². The first-order chi connectivity index (χ1) is 13.3. The molecule has 0 amide bonds. The predicted molar refractivity (Wildman–Crippen MR) is 104 cm³/mol. The van der Waals surface area contributed by atoms with Crippen LogP contribution in [0.15, 0.2) is 54.9 Å². The first-order valence-electron chi connectivity index (χ1n) is 9.75. The van der Waals surface area contributed by atoms with E-state index in [0.717, 1.165) is 31.9 Å². The second kappa shape index (κ2) is 8.39. The number of likely N-dealkylation sites (tertiary alicyclic amines) is 1. The zero-order valence-electron chi connectivity index (χ0n) is 15.8. The van der Waals surface area contributed by atoms with Gasteiger partial charge in [0.25, 0.3) is 0 Å². The van der Waals surface area contributed by atoms with E-state index in [9.17, 15) is 0 Å². The number of benzene rings is 1. The Labute approximate surface area is 160 Å². The molecule has 27 heavy (non-hydrogen) atoms. The van der Waals surface area contributed by atoms with Crippen LogP contribution in [0.5, 0.6) is 0 Å². The lowest BCUT2D eigenvalue weighted by Gasteiger charge is -2.36. The van der Waals surface area contributed by atoms with Crippen molar-refractivity contribution in [3.63, 3.8) is 0 Å². The molecule has 0 bridgehead atoms. The van der Waals surface area contributed by atoms with Gasteiger partial charge in [-0.15, -0.1) is 5.10 Å². The molecule has 0 unspecified atom stereocenters. The van der Waals surface area contributed by atoms with Crippen LogP contribution in [-0.2, 0) is 13.0 Å². The van der Waals surface area contributed by atoms with Crippen molar-refractivity contribution in [3.8, 4) is 0 Å². The molecule has 3 aromatic rings. The summed E-state index contributed by atoms with van der Waals surface area (Å²) in [5.41, 5.74) is 2.50. The number of pyridine rings is 1. The van der Waals surface area contributed by atoms with E-state index in [1.54, 1.807) is 0 Å². The van der Waals surface area contributed by atoms with Gasteiger partial charge in [0.15, 0.2) is 5.82 Å². The lowest BCUT2D eigenvalue weighted by atomic mass is 9.96. The molecule has 0 spiro atoms. The summed E-state index contributed by atoms with van der Waals surface area (Å²) >= 11 is 0. The normalized spacial score (nSPS) is 19.1. The smallest absolute Gasteiger partial charge is 0.173 e. The number of piperidine rings is 1. The summed E-state index contributed by atoms with van der Waals surface area (Å²) in [5.74, 6) is 1.61. The zero-order chi connectivity index (χ0) is 18.5. The molecule has 1 aliphatic heterocycles. The first-order valence-corrected chi connectivity index (χ1v) is 9.75. The van der Waals surface area contributed by atoms with E-state index < -0.39 is 0 Å². The van der Waals surface area contributed by atoms with Gasteiger partial charge in [-0.2, -0.15) is 0 Å². The van der Waals surface area contributed by atoms with Crippen LogP contribution in [0.1, 0.15) is 42.8 Å². The SMILES string of the molecule is C[C@@H]1CCCN([C@@H](c2ccncc2)c2nnnn2CCc2ccccc2)C1. The van der Waals surface area contributed by atoms with Crippen molar-refractivity contribution in [2.24, 2.45) is 5.92 Å². The molecule has 0 saturated carbocycles. The van der Waals surface area contributed by atoms with Gasteiger partial charge in [-0.25, -0.2) is 4.68 Å². The fourth-order valence-electron chi connectivity index (χ4n) is 3.98. The van der Waals surface area contributed by atoms with Gasteiger partial charge in [-0.05, 0) is 65.4 Å². The van der Waals surface area contributed by atoms with Crippen LogP contribution >= 0.6 is 0 Å². The fraction of sp³-hybridized carbons (Fsp3) is 0.429. The van der Waals surface area contributed by atoms with E-state index in [0.29, 0.717) is 5.92 Å². The molecule has 0 N–H and O–H groups in total. The largest absolute Gasteiger partial charge is 0.289 e. The third kappa shape index (κ3) is 4.22. The molecule has 6 nitrogen and oxygen atoms in total. The van der Waals surface area contributed by atoms with Crippen LogP contribution in [0.2, 0.25) is 0 Å². The van der Waals surface area contributed by atoms with Gasteiger partial charge in [0.05, 0.1) is 6.04 Å². The van der Waals surface area contributed by atoms with Gasteiger partial charge < -0.3 is 0 Å². The van der Waals surface area contributed by atoms with E-state index in [-0.39, 0.29) is 6.04 Å². The average Bonchev–Trinajstić information content (AvgIpc) is 3.16. The molecule has 2 atom stereocenters. The Hall–Kier alpha value is -2.60. The van der Waals surface area contributed by atoms with E-state index in [4.69, 9.17) is 0 Å². The topological polar surface area (TPSA) is 59.7 Å². The molecular formula is C21H26N6. The van der Waals surface area contributed by atoms with Crippen LogP contribution in [0.3, 0.4) is 0 Å². The van der Waals surface area contributed by atoms with E-state index in [1.165, 1.54) is 24.0 Å². The molecule has 6 heteroatoms. The van der Waals surface area contributed by atoms with Crippen molar-refractivity contribution >= 4 is 0 Å². The molecule has 140 valence electrons. The summed E-state index contributed by atoms with van der Waals surface area (Å²) in [6.45, 7) is 5.24. The molecule has 2 aromatic heterocycles. The number of tetrazole rings is 1. The highest BCUT2D eigenvalue weighted by Gasteiger charge is 2.30. The average molecular weight is 362 g/mol. The summed E-state index contributed by atoms with van der Waals surface area (Å²) < 4.78 is 1.97. The van der Waals surface area contributed by atoms with Crippen molar-refractivity contribution in [1.29, 1.82) is 0 Å². The molecule has 0 radical (unpaired) electrons. The van der Waals surface area contributed by atoms with Crippen molar-refractivity contribution < 1.29 is 0 Å². The molecule has 0 aliphatic carbocycles. The third-order valence-corrected chi connectivity index (χ3v) is 5.33. The summed E-state index contributed by atoms with van der Waals surface area (Å²) in [5, 5.41) is 12.8. The standard InChI is InChI=1S/C21H26N6/c1-17-6-5-14-26(16-17)20(19-9-12-22-13-10-19)21-23-24-25-27(21)15-11-18-7-3-2-4-8-18/h2-4,7-10,12-13,17,20H,5-6,11,14-16H2,1H3/t17-,20+/m1/s1. The van der Waals surface area contributed by atoms with Crippen molar-refractivity contribution in [3.05, 3.63) is 71.8 Å². The van der Waals surface area contributed by atoms with Gasteiger partial charge in [-0.1, -0.05) is 37.3 Å². The highest BCUT2D eigenvalue weighted by atomic mass is 15.5. The fourth-order valence-corrected chi connectivity index (χ4v) is 3.98. The maximum absolute atomic E-state index is 4.45. The lowest BCUT2D eigenvalue weighted by Crippen LogP contribution is -2.39. The van der Waals surface area contributed by atoms with Gasteiger partial charge >= 0.3 is 0 Å². The number of hydrogen-bond acceptors (Lipinski definition) is 5. The van der Waals surface area contributed by atoms with Gasteiger partial charge in [0.1, 0.15) is 0 Å². The monoisotopic (exact) mass is 362 g/mol. The highest BCUT2D eigenvalue weighted by molar-refractivity contribution is 5.23. The highest BCUT2D eigenvalue weighted by Crippen LogP contribution is 2.31. The molecule has 4 rings (SSSR count). The number of nitrogens with zero attached hydrogens (tertiary/aromatic N) is 6. The summed E-state index contributed by atoms with van der Waals surface area (Å²) in [4.78, 5) is 6.71. The Bertz CT molecular complexity index is 832. The Morgan fingerprint density at radius 2 is 1.93 bits per heavy atom. The quantitative estimate of drug-likeness (QED) is 0.674. The minimum Gasteiger partial charge on any atom is -0.289 e. The second-order valence-electron chi connectivity index (χ2n) is 7.42. The van der Waals surface area contributed by atoms with Crippen LogP contribution in [0.25, 0.3) is 0 Å². The van der Waals surface area contributed by atoms with Crippen molar-refractivity contribution in [1.82, 2.24) is 30.1 Å². The second-order valence-corrected chi connectivity index (χ2v) is 7.42. The number of aromatic nitrogens is 5. The van der Waals surface area contributed by atoms with Crippen molar-refractivity contribution in [2.75, 3.05) is 13.1 Å². The summed E-state index contributed by atoms with van der Waals surface area (Å²) in [7, 11) is 0.